The fraction of sp³-hybridized carbons (Fsp3) is 0.583. The van der Waals surface area contributed by atoms with Crippen LogP contribution in [0.25, 0.3) is 0 Å². The van der Waals surface area contributed by atoms with E-state index >= 15 is 0 Å². The van der Waals surface area contributed by atoms with E-state index in [1.165, 1.54) is 17.1 Å². The third kappa shape index (κ3) is 5.19. The Bertz CT molecular complexity index is 251. The van der Waals surface area contributed by atoms with Gasteiger partial charge in [-0.25, -0.2) is 0 Å². The first-order valence-electron chi connectivity index (χ1n) is 5.56. The molecule has 0 amide bonds. The van der Waals surface area contributed by atoms with Crippen LogP contribution in [0.4, 0.5) is 0 Å². The molecule has 1 unspecified atom stereocenters. The molecule has 84 valence electrons. The van der Waals surface area contributed by atoms with Crippen molar-refractivity contribution in [2.24, 2.45) is 0 Å². The van der Waals surface area contributed by atoms with Crippen molar-refractivity contribution in [1.29, 1.82) is 0 Å². The molecule has 1 N–H and O–H groups in total. The van der Waals surface area contributed by atoms with E-state index in [0.29, 0.717) is 6.04 Å². The van der Waals surface area contributed by atoms with Crippen molar-refractivity contribution in [3.05, 3.63) is 30.1 Å². The topological polar surface area (TPSA) is 24.9 Å². The molecule has 1 aromatic rings. The third-order valence-electron chi connectivity index (χ3n) is 2.22. The Balaban J connectivity index is 2.43. The van der Waals surface area contributed by atoms with Gasteiger partial charge in [-0.1, -0.05) is 19.9 Å². The summed E-state index contributed by atoms with van der Waals surface area (Å²) in [6, 6.07) is 4.73. The summed E-state index contributed by atoms with van der Waals surface area (Å²) in [6.07, 6.45) is 4.86. The highest BCUT2D eigenvalue weighted by molar-refractivity contribution is 7.99. The second-order valence-corrected chi connectivity index (χ2v) is 4.80. The molecule has 0 saturated carbocycles. The maximum Gasteiger partial charge on any atom is 0.0300 e. The average Bonchev–Trinajstić information content (AvgIpc) is 2.28. The molecule has 1 atom stereocenters. The van der Waals surface area contributed by atoms with Gasteiger partial charge in [0.1, 0.15) is 0 Å². The Morgan fingerprint density at radius 3 is 2.93 bits per heavy atom. The molecule has 0 aliphatic carbocycles. The highest BCUT2D eigenvalue weighted by atomic mass is 32.2. The summed E-state index contributed by atoms with van der Waals surface area (Å²) < 4.78 is 0. The van der Waals surface area contributed by atoms with Gasteiger partial charge in [-0.15, -0.1) is 0 Å². The number of nitrogens with zero attached hydrogens (tertiary/aromatic N) is 1. The molecule has 0 aromatic carbocycles. The van der Waals surface area contributed by atoms with Crippen molar-refractivity contribution >= 4 is 11.8 Å². The lowest BCUT2D eigenvalue weighted by atomic mass is 10.1. The van der Waals surface area contributed by atoms with Gasteiger partial charge in [-0.2, -0.15) is 11.8 Å². The Morgan fingerprint density at radius 1 is 1.47 bits per heavy atom. The van der Waals surface area contributed by atoms with E-state index in [4.69, 9.17) is 0 Å². The van der Waals surface area contributed by atoms with Gasteiger partial charge >= 0.3 is 0 Å². The van der Waals surface area contributed by atoms with Crippen LogP contribution in [-0.2, 0) is 6.42 Å². The SMILES string of the molecule is CCNC(CSCC)Cc1cccnc1. The minimum atomic E-state index is 0.573. The molecule has 15 heavy (non-hydrogen) atoms. The monoisotopic (exact) mass is 224 g/mol. The zero-order valence-corrected chi connectivity index (χ0v) is 10.4. The molecular formula is C12H20N2S. The van der Waals surface area contributed by atoms with E-state index in [9.17, 15) is 0 Å². The van der Waals surface area contributed by atoms with Crippen LogP contribution >= 0.6 is 11.8 Å². The quantitative estimate of drug-likeness (QED) is 0.769. The highest BCUT2D eigenvalue weighted by Crippen LogP contribution is 2.07. The summed E-state index contributed by atoms with van der Waals surface area (Å²) in [5.41, 5.74) is 1.32. The molecule has 1 rings (SSSR count). The summed E-state index contributed by atoms with van der Waals surface area (Å²) in [7, 11) is 0. The van der Waals surface area contributed by atoms with Gasteiger partial charge in [0.05, 0.1) is 0 Å². The van der Waals surface area contributed by atoms with E-state index in [-0.39, 0.29) is 0 Å². The average molecular weight is 224 g/mol. The van der Waals surface area contributed by atoms with Crippen molar-refractivity contribution in [2.75, 3.05) is 18.1 Å². The van der Waals surface area contributed by atoms with E-state index in [1.807, 2.05) is 30.2 Å². The van der Waals surface area contributed by atoms with E-state index in [2.05, 4.69) is 30.2 Å². The molecule has 1 heterocycles. The number of nitrogens with one attached hydrogen (secondary N) is 1. The number of rotatable bonds is 7. The summed E-state index contributed by atoms with van der Waals surface area (Å²) in [5.74, 6) is 2.37. The lowest BCUT2D eigenvalue weighted by Crippen LogP contribution is -2.33. The first-order chi connectivity index (χ1) is 7.36. The first kappa shape index (κ1) is 12.5. The van der Waals surface area contributed by atoms with Gasteiger partial charge in [-0.3, -0.25) is 4.98 Å². The van der Waals surface area contributed by atoms with E-state index < -0.39 is 0 Å². The third-order valence-corrected chi connectivity index (χ3v) is 3.27. The summed E-state index contributed by atoms with van der Waals surface area (Å²) in [6.45, 7) is 5.40. The van der Waals surface area contributed by atoms with Gasteiger partial charge in [-0.05, 0) is 30.3 Å². The maximum atomic E-state index is 4.14. The Kier molecular flexibility index (Phi) is 6.44. The Labute approximate surface area is 96.9 Å². The smallest absolute Gasteiger partial charge is 0.0300 e. The second-order valence-electron chi connectivity index (χ2n) is 3.48. The molecule has 0 fully saturated rings. The lowest BCUT2D eigenvalue weighted by Gasteiger charge is -2.16. The minimum absolute atomic E-state index is 0.573. The summed E-state index contributed by atoms with van der Waals surface area (Å²) in [5, 5.41) is 3.52. The van der Waals surface area contributed by atoms with E-state index in [0.717, 1.165) is 13.0 Å². The number of hydrogen-bond donors (Lipinski definition) is 1. The Hall–Kier alpha value is -0.540. The minimum Gasteiger partial charge on any atom is -0.313 e. The number of aromatic nitrogens is 1. The fourth-order valence-corrected chi connectivity index (χ4v) is 2.30. The van der Waals surface area contributed by atoms with Gasteiger partial charge in [0, 0.05) is 24.2 Å². The van der Waals surface area contributed by atoms with Crippen LogP contribution in [-0.4, -0.2) is 29.1 Å². The fourth-order valence-electron chi connectivity index (χ4n) is 1.54. The molecular weight excluding hydrogens is 204 g/mol. The number of likely N-dealkylation sites (N-methyl/N-ethyl adjacent to an activating group) is 1. The van der Waals surface area contributed by atoms with Gasteiger partial charge < -0.3 is 5.32 Å². The van der Waals surface area contributed by atoms with Crippen LogP contribution in [0.2, 0.25) is 0 Å². The molecule has 0 bridgehead atoms. The standard InChI is InChI=1S/C12H20N2S/c1-3-14-12(10-15-4-2)8-11-6-5-7-13-9-11/h5-7,9,12,14H,3-4,8,10H2,1-2H3. The normalized spacial score (nSPS) is 12.7. The lowest BCUT2D eigenvalue weighted by molar-refractivity contribution is 0.572. The van der Waals surface area contributed by atoms with Gasteiger partial charge in [0.2, 0.25) is 0 Å². The molecule has 1 aromatic heterocycles. The number of pyridine rings is 1. The number of thioether (sulfide) groups is 1. The zero-order chi connectivity index (χ0) is 10.9. The maximum absolute atomic E-state index is 4.14. The van der Waals surface area contributed by atoms with E-state index in [1.54, 1.807) is 0 Å². The van der Waals surface area contributed by atoms with Crippen LogP contribution in [0.3, 0.4) is 0 Å². The van der Waals surface area contributed by atoms with Gasteiger partial charge in [0.25, 0.3) is 0 Å². The molecule has 3 heteroatoms. The highest BCUT2D eigenvalue weighted by Gasteiger charge is 2.07. The van der Waals surface area contributed by atoms with Crippen molar-refractivity contribution in [2.45, 2.75) is 26.3 Å². The molecule has 2 nitrogen and oxygen atoms in total. The van der Waals surface area contributed by atoms with Crippen LogP contribution < -0.4 is 5.32 Å². The molecule has 0 radical (unpaired) electrons. The zero-order valence-electron chi connectivity index (χ0n) is 9.57. The first-order valence-corrected chi connectivity index (χ1v) is 6.72. The second kappa shape index (κ2) is 7.71. The van der Waals surface area contributed by atoms with Crippen LogP contribution in [0.5, 0.6) is 0 Å². The van der Waals surface area contributed by atoms with Crippen LogP contribution in [0, 0.1) is 0 Å². The predicted octanol–water partition coefficient (Wildman–Crippen LogP) is 2.36. The van der Waals surface area contributed by atoms with Crippen molar-refractivity contribution in [3.8, 4) is 0 Å². The molecule has 0 aliphatic rings. The molecule has 0 aliphatic heterocycles. The van der Waals surface area contributed by atoms with Gasteiger partial charge in [0.15, 0.2) is 0 Å². The van der Waals surface area contributed by atoms with Crippen LogP contribution in [0.15, 0.2) is 24.5 Å². The number of hydrogen-bond acceptors (Lipinski definition) is 3. The largest absolute Gasteiger partial charge is 0.313 e. The predicted molar refractivity (Wildman–Crippen MR) is 68.4 cm³/mol. The summed E-state index contributed by atoms with van der Waals surface area (Å²) >= 11 is 1.99. The van der Waals surface area contributed by atoms with Crippen molar-refractivity contribution in [3.63, 3.8) is 0 Å². The molecule has 0 saturated heterocycles. The summed E-state index contributed by atoms with van der Waals surface area (Å²) in [4.78, 5) is 4.14. The molecule has 0 spiro atoms. The van der Waals surface area contributed by atoms with Crippen molar-refractivity contribution in [1.82, 2.24) is 10.3 Å². The van der Waals surface area contributed by atoms with Crippen LogP contribution in [0.1, 0.15) is 19.4 Å². The van der Waals surface area contributed by atoms with Crippen molar-refractivity contribution < 1.29 is 0 Å². The Morgan fingerprint density at radius 2 is 2.33 bits per heavy atom.